The van der Waals surface area contributed by atoms with Crippen LogP contribution in [0.5, 0.6) is 0 Å². The van der Waals surface area contributed by atoms with Crippen molar-refractivity contribution in [3.63, 3.8) is 0 Å². The second-order valence-corrected chi connectivity index (χ2v) is 7.24. The summed E-state index contributed by atoms with van der Waals surface area (Å²) in [6.45, 7) is 2.67. The Morgan fingerprint density at radius 1 is 1.25 bits per heavy atom. The number of fused-ring (bicyclic) bond motifs is 1. The van der Waals surface area contributed by atoms with E-state index in [1.165, 1.54) is 28.9 Å². The number of carbonyl (C=O) groups excluding carboxylic acids is 2. The largest absolute Gasteiger partial charge is 0.351 e. The number of aryl methyl sites for hydroxylation is 1. The molecule has 0 saturated heterocycles. The summed E-state index contributed by atoms with van der Waals surface area (Å²) < 4.78 is 0. The Morgan fingerprint density at radius 2 is 1.96 bits per heavy atom. The quantitative estimate of drug-likeness (QED) is 0.870. The molecule has 0 radical (unpaired) electrons. The van der Waals surface area contributed by atoms with Crippen molar-refractivity contribution >= 4 is 11.9 Å². The maximum atomic E-state index is 12.5. The van der Waals surface area contributed by atoms with E-state index in [1.54, 1.807) is 4.90 Å². The second-order valence-electron chi connectivity index (χ2n) is 7.24. The molecule has 2 unspecified atom stereocenters. The van der Waals surface area contributed by atoms with Crippen LogP contribution in [0.25, 0.3) is 0 Å². The van der Waals surface area contributed by atoms with Gasteiger partial charge in [0.15, 0.2) is 0 Å². The molecule has 3 rings (SSSR count). The normalized spacial score (nSPS) is 20.3. The molecule has 0 aliphatic heterocycles. The zero-order chi connectivity index (χ0) is 17.3. The van der Waals surface area contributed by atoms with E-state index >= 15 is 0 Å². The van der Waals surface area contributed by atoms with Crippen LogP contribution in [0.15, 0.2) is 24.3 Å². The summed E-state index contributed by atoms with van der Waals surface area (Å²) in [5.74, 6) is 0.856. The number of urea groups is 1. The fraction of sp³-hybridized carbons (Fsp3) is 0.579. The van der Waals surface area contributed by atoms with Gasteiger partial charge < -0.3 is 15.5 Å². The van der Waals surface area contributed by atoms with E-state index in [9.17, 15) is 9.59 Å². The zero-order valence-electron chi connectivity index (χ0n) is 14.6. The number of nitrogens with two attached hydrogens (primary N) is 1. The highest BCUT2D eigenvalue weighted by atomic mass is 16.2. The molecule has 130 valence electrons. The smallest absolute Gasteiger partial charge is 0.315 e. The van der Waals surface area contributed by atoms with Gasteiger partial charge in [-0.2, -0.15) is 0 Å². The van der Waals surface area contributed by atoms with Gasteiger partial charge in [-0.15, -0.1) is 0 Å². The van der Waals surface area contributed by atoms with Crippen molar-refractivity contribution in [3.8, 4) is 0 Å². The van der Waals surface area contributed by atoms with Crippen LogP contribution in [-0.4, -0.2) is 47.9 Å². The number of nitrogens with zero attached hydrogens (tertiary/aromatic N) is 2. The summed E-state index contributed by atoms with van der Waals surface area (Å²) in [7, 11) is 1.83. The molecule has 2 atom stereocenters. The molecule has 0 bridgehead atoms. The van der Waals surface area contributed by atoms with E-state index in [-0.39, 0.29) is 24.4 Å². The first-order valence-electron chi connectivity index (χ1n) is 8.85. The molecule has 24 heavy (non-hydrogen) atoms. The summed E-state index contributed by atoms with van der Waals surface area (Å²) in [5.41, 5.74) is 8.18. The third-order valence-electron chi connectivity index (χ3n) is 5.64. The van der Waals surface area contributed by atoms with E-state index in [4.69, 9.17) is 5.73 Å². The number of primary amides is 1. The van der Waals surface area contributed by atoms with Crippen molar-refractivity contribution in [3.05, 3.63) is 35.4 Å². The van der Waals surface area contributed by atoms with Crippen LogP contribution in [0.3, 0.4) is 0 Å². The number of hydrogen-bond acceptors (Lipinski definition) is 2. The minimum Gasteiger partial charge on any atom is -0.351 e. The SMILES string of the molecule is CC(C1CC1)N(C)C(=O)CN(CC1CCc2ccccc21)C(N)=O. The van der Waals surface area contributed by atoms with Crippen molar-refractivity contribution in [2.45, 2.75) is 44.6 Å². The van der Waals surface area contributed by atoms with Gasteiger partial charge in [-0.3, -0.25) is 4.79 Å². The van der Waals surface area contributed by atoms with Crippen LogP contribution in [0.4, 0.5) is 4.79 Å². The van der Waals surface area contributed by atoms with Crippen LogP contribution in [0.1, 0.15) is 43.2 Å². The average molecular weight is 329 g/mol. The minimum atomic E-state index is -0.514. The number of likely N-dealkylation sites (N-methyl/N-ethyl adjacent to an activating group) is 1. The lowest BCUT2D eigenvalue weighted by molar-refractivity contribution is -0.132. The van der Waals surface area contributed by atoms with Gasteiger partial charge in [0.25, 0.3) is 0 Å². The molecule has 1 fully saturated rings. The Balaban J connectivity index is 1.63. The fourth-order valence-corrected chi connectivity index (χ4v) is 3.73. The lowest BCUT2D eigenvalue weighted by Crippen LogP contribution is -2.47. The van der Waals surface area contributed by atoms with Crippen molar-refractivity contribution < 1.29 is 9.59 Å². The molecule has 1 saturated carbocycles. The van der Waals surface area contributed by atoms with Gasteiger partial charge in [-0.05, 0) is 49.7 Å². The summed E-state index contributed by atoms with van der Waals surface area (Å²) in [5, 5.41) is 0. The standard InChI is InChI=1S/C19H27N3O2/c1-13(14-7-8-14)21(2)18(23)12-22(19(20)24)11-16-10-9-15-5-3-4-6-17(15)16/h3-6,13-14,16H,7-12H2,1-2H3,(H2,20,24). The average Bonchev–Trinajstić information content (AvgIpc) is 3.34. The minimum absolute atomic E-state index is 0.0283. The molecular weight excluding hydrogens is 302 g/mol. The van der Waals surface area contributed by atoms with Gasteiger partial charge in [0.1, 0.15) is 6.54 Å². The molecule has 1 aromatic rings. The van der Waals surface area contributed by atoms with Crippen molar-refractivity contribution in [1.29, 1.82) is 0 Å². The van der Waals surface area contributed by atoms with Crippen molar-refractivity contribution in [2.75, 3.05) is 20.1 Å². The number of amides is 3. The summed E-state index contributed by atoms with van der Waals surface area (Å²) in [6, 6.07) is 8.06. The molecule has 2 aliphatic rings. The zero-order valence-corrected chi connectivity index (χ0v) is 14.6. The number of benzene rings is 1. The Bertz CT molecular complexity index is 627. The highest BCUT2D eigenvalue weighted by molar-refractivity contribution is 5.83. The van der Waals surface area contributed by atoms with E-state index in [2.05, 4.69) is 19.1 Å². The van der Waals surface area contributed by atoms with Gasteiger partial charge in [-0.1, -0.05) is 24.3 Å². The van der Waals surface area contributed by atoms with E-state index in [0.717, 1.165) is 12.8 Å². The summed E-state index contributed by atoms with van der Waals surface area (Å²) >= 11 is 0. The molecule has 0 spiro atoms. The molecular formula is C19H27N3O2. The van der Waals surface area contributed by atoms with E-state index in [0.29, 0.717) is 12.5 Å². The topological polar surface area (TPSA) is 66.6 Å². The van der Waals surface area contributed by atoms with Crippen LogP contribution >= 0.6 is 0 Å². The predicted octanol–water partition coefficient (Wildman–Crippen LogP) is 2.35. The third-order valence-corrected chi connectivity index (χ3v) is 5.64. The Hall–Kier alpha value is -2.04. The second kappa shape index (κ2) is 6.83. The highest BCUT2D eigenvalue weighted by Crippen LogP contribution is 2.35. The first-order chi connectivity index (χ1) is 11.5. The van der Waals surface area contributed by atoms with Crippen molar-refractivity contribution in [1.82, 2.24) is 9.80 Å². The summed E-state index contributed by atoms with van der Waals surface area (Å²) in [4.78, 5) is 27.7. The van der Waals surface area contributed by atoms with Gasteiger partial charge in [-0.25, -0.2) is 4.79 Å². The predicted molar refractivity (Wildman–Crippen MR) is 93.6 cm³/mol. The first kappa shape index (κ1) is 16.8. The first-order valence-corrected chi connectivity index (χ1v) is 8.85. The lowest BCUT2D eigenvalue weighted by Gasteiger charge is -2.29. The van der Waals surface area contributed by atoms with Gasteiger partial charge in [0, 0.05) is 25.6 Å². The number of carbonyl (C=O) groups is 2. The van der Waals surface area contributed by atoms with Crippen LogP contribution < -0.4 is 5.73 Å². The van der Waals surface area contributed by atoms with Gasteiger partial charge >= 0.3 is 6.03 Å². The van der Waals surface area contributed by atoms with Crippen LogP contribution in [-0.2, 0) is 11.2 Å². The molecule has 0 aromatic heterocycles. The molecule has 2 N–H and O–H groups in total. The molecule has 3 amide bonds. The monoisotopic (exact) mass is 329 g/mol. The Labute approximate surface area is 143 Å². The maximum absolute atomic E-state index is 12.5. The Morgan fingerprint density at radius 3 is 2.62 bits per heavy atom. The van der Waals surface area contributed by atoms with E-state index < -0.39 is 6.03 Å². The van der Waals surface area contributed by atoms with Crippen LogP contribution in [0.2, 0.25) is 0 Å². The number of hydrogen-bond donors (Lipinski definition) is 1. The lowest BCUT2D eigenvalue weighted by atomic mass is 10.0. The van der Waals surface area contributed by atoms with Gasteiger partial charge in [0.2, 0.25) is 5.91 Å². The Kier molecular flexibility index (Phi) is 4.78. The molecule has 2 aliphatic carbocycles. The highest BCUT2D eigenvalue weighted by Gasteiger charge is 2.33. The van der Waals surface area contributed by atoms with Crippen molar-refractivity contribution in [2.24, 2.45) is 11.7 Å². The van der Waals surface area contributed by atoms with Gasteiger partial charge in [0.05, 0.1) is 0 Å². The molecule has 5 nitrogen and oxygen atoms in total. The number of rotatable bonds is 6. The molecule has 1 aromatic carbocycles. The van der Waals surface area contributed by atoms with Crippen LogP contribution in [0, 0.1) is 5.92 Å². The molecule has 0 heterocycles. The summed E-state index contributed by atoms with van der Waals surface area (Å²) in [6.07, 6.45) is 4.42. The molecule has 5 heteroatoms. The third kappa shape index (κ3) is 3.55. The van der Waals surface area contributed by atoms with E-state index in [1.807, 2.05) is 19.2 Å². The maximum Gasteiger partial charge on any atom is 0.315 e. The fourth-order valence-electron chi connectivity index (χ4n) is 3.73.